The van der Waals surface area contributed by atoms with Crippen molar-refractivity contribution in [1.29, 1.82) is 0 Å². The molecule has 0 amide bonds. The molecule has 2 unspecified atom stereocenters. The highest BCUT2D eigenvalue weighted by atomic mass is 19.3. The third-order valence-corrected chi connectivity index (χ3v) is 2.03. The number of aliphatic hydroxyl groups is 1. The fraction of sp³-hybridized carbons (Fsp3) is 1.00. The molecule has 2 N–H and O–H groups in total. The van der Waals surface area contributed by atoms with Gasteiger partial charge < -0.3 is 15.2 Å². The lowest BCUT2D eigenvalue weighted by Crippen LogP contribution is -2.44. The Labute approximate surface area is 83.4 Å². The van der Waals surface area contributed by atoms with Crippen molar-refractivity contribution in [3.8, 4) is 0 Å². The molecule has 0 fully saturated rings. The molecule has 0 heterocycles. The Balaban J connectivity index is 3.74. The summed E-state index contributed by atoms with van der Waals surface area (Å²) in [4.78, 5) is 0. The summed E-state index contributed by atoms with van der Waals surface area (Å²) in [5.74, 6) is 0. The van der Waals surface area contributed by atoms with Crippen molar-refractivity contribution in [2.75, 3.05) is 20.3 Å². The van der Waals surface area contributed by atoms with Crippen LogP contribution < -0.4 is 5.32 Å². The maximum atomic E-state index is 12.1. The standard InChI is InChI=1S/C9H19F2NO2/c1-7(8(10)11)12-6-9(2,13)4-5-14-3/h7-8,12-13H,4-6H2,1-3H3. The van der Waals surface area contributed by atoms with Crippen LogP contribution in [0.15, 0.2) is 0 Å². The van der Waals surface area contributed by atoms with E-state index in [0.717, 1.165) is 0 Å². The Bertz CT molecular complexity index is 154. The lowest BCUT2D eigenvalue weighted by Gasteiger charge is -2.25. The van der Waals surface area contributed by atoms with Crippen LogP contribution in [0.4, 0.5) is 8.78 Å². The van der Waals surface area contributed by atoms with Crippen molar-refractivity contribution >= 4 is 0 Å². The zero-order valence-corrected chi connectivity index (χ0v) is 8.89. The zero-order chi connectivity index (χ0) is 11.2. The molecule has 0 aliphatic carbocycles. The second kappa shape index (κ2) is 6.27. The molecule has 0 bridgehead atoms. The summed E-state index contributed by atoms with van der Waals surface area (Å²) < 4.78 is 29.0. The zero-order valence-electron chi connectivity index (χ0n) is 8.89. The van der Waals surface area contributed by atoms with E-state index in [-0.39, 0.29) is 6.54 Å². The van der Waals surface area contributed by atoms with E-state index in [1.165, 1.54) is 14.0 Å². The molecule has 0 aromatic carbocycles. The summed E-state index contributed by atoms with van der Waals surface area (Å²) in [5.41, 5.74) is -1.00. The number of alkyl halides is 2. The van der Waals surface area contributed by atoms with Crippen LogP contribution in [-0.2, 0) is 4.74 Å². The number of hydrogen-bond acceptors (Lipinski definition) is 3. The minimum absolute atomic E-state index is 0.141. The highest BCUT2D eigenvalue weighted by Crippen LogP contribution is 2.09. The number of rotatable bonds is 7. The second-order valence-electron chi connectivity index (χ2n) is 3.74. The molecule has 0 saturated carbocycles. The summed E-state index contributed by atoms with van der Waals surface area (Å²) in [6, 6.07) is -0.899. The molecule has 0 saturated heterocycles. The number of methoxy groups -OCH3 is 1. The Hall–Kier alpha value is -0.260. The summed E-state index contributed by atoms with van der Waals surface area (Å²) in [6.07, 6.45) is -1.99. The third kappa shape index (κ3) is 6.23. The van der Waals surface area contributed by atoms with E-state index in [9.17, 15) is 13.9 Å². The molecule has 5 heteroatoms. The van der Waals surface area contributed by atoms with Crippen molar-refractivity contribution in [3.63, 3.8) is 0 Å². The van der Waals surface area contributed by atoms with Crippen LogP contribution in [0.1, 0.15) is 20.3 Å². The highest BCUT2D eigenvalue weighted by molar-refractivity contribution is 4.77. The number of hydrogen-bond donors (Lipinski definition) is 2. The lowest BCUT2D eigenvalue weighted by molar-refractivity contribution is 0.0152. The SMILES string of the molecule is COCCC(C)(O)CNC(C)C(F)F. The van der Waals surface area contributed by atoms with Crippen LogP contribution in [-0.4, -0.2) is 43.4 Å². The van der Waals surface area contributed by atoms with Gasteiger partial charge in [0.15, 0.2) is 0 Å². The smallest absolute Gasteiger partial charge is 0.253 e. The van der Waals surface area contributed by atoms with Crippen molar-refractivity contribution in [2.24, 2.45) is 0 Å². The van der Waals surface area contributed by atoms with Gasteiger partial charge in [0.25, 0.3) is 6.43 Å². The van der Waals surface area contributed by atoms with Gasteiger partial charge in [-0.1, -0.05) is 0 Å². The summed E-state index contributed by atoms with van der Waals surface area (Å²) >= 11 is 0. The average Bonchev–Trinajstić information content (AvgIpc) is 2.11. The molecule has 0 rings (SSSR count). The van der Waals surface area contributed by atoms with Gasteiger partial charge in [-0.3, -0.25) is 0 Å². The minimum Gasteiger partial charge on any atom is -0.389 e. The monoisotopic (exact) mass is 211 g/mol. The van der Waals surface area contributed by atoms with E-state index in [4.69, 9.17) is 4.74 Å². The van der Waals surface area contributed by atoms with Gasteiger partial charge in [-0.15, -0.1) is 0 Å². The second-order valence-corrected chi connectivity index (χ2v) is 3.74. The maximum absolute atomic E-state index is 12.1. The van der Waals surface area contributed by atoms with Crippen molar-refractivity contribution in [2.45, 2.75) is 38.3 Å². The van der Waals surface area contributed by atoms with Gasteiger partial charge in [-0.05, 0) is 13.8 Å². The van der Waals surface area contributed by atoms with E-state index < -0.39 is 18.1 Å². The minimum atomic E-state index is -2.41. The molecule has 2 atom stereocenters. The van der Waals surface area contributed by atoms with Crippen LogP contribution in [0.5, 0.6) is 0 Å². The fourth-order valence-corrected chi connectivity index (χ4v) is 0.880. The molecule has 0 spiro atoms. The van der Waals surface area contributed by atoms with Gasteiger partial charge in [-0.25, -0.2) is 8.78 Å². The fourth-order valence-electron chi connectivity index (χ4n) is 0.880. The van der Waals surface area contributed by atoms with E-state index >= 15 is 0 Å². The predicted octanol–water partition coefficient (Wildman–Crippen LogP) is 1.02. The first kappa shape index (κ1) is 13.7. The molecule has 0 radical (unpaired) electrons. The Morgan fingerprint density at radius 2 is 2.07 bits per heavy atom. The normalized spacial score (nSPS) is 18.2. The first-order chi connectivity index (χ1) is 6.39. The summed E-state index contributed by atoms with van der Waals surface area (Å²) in [5, 5.41) is 12.3. The molecule has 0 aromatic heterocycles. The van der Waals surface area contributed by atoms with Crippen molar-refractivity contribution in [1.82, 2.24) is 5.32 Å². The Morgan fingerprint density at radius 3 is 2.50 bits per heavy atom. The highest BCUT2D eigenvalue weighted by Gasteiger charge is 2.22. The average molecular weight is 211 g/mol. The Kier molecular flexibility index (Phi) is 6.15. The van der Waals surface area contributed by atoms with Gasteiger partial charge in [0.05, 0.1) is 11.6 Å². The summed E-state index contributed by atoms with van der Waals surface area (Å²) in [6.45, 7) is 3.54. The van der Waals surface area contributed by atoms with E-state index in [0.29, 0.717) is 13.0 Å². The van der Waals surface area contributed by atoms with E-state index in [1.807, 2.05) is 0 Å². The van der Waals surface area contributed by atoms with Gasteiger partial charge in [-0.2, -0.15) is 0 Å². The number of ether oxygens (including phenoxy) is 1. The van der Waals surface area contributed by atoms with Gasteiger partial charge >= 0.3 is 0 Å². The maximum Gasteiger partial charge on any atom is 0.253 e. The van der Waals surface area contributed by atoms with Crippen LogP contribution in [0.3, 0.4) is 0 Å². The Morgan fingerprint density at radius 1 is 1.50 bits per heavy atom. The first-order valence-corrected chi connectivity index (χ1v) is 4.62. The van der Waals surface area contributed by atoms with Crippen molar-refractivity contribution in [3.05, 3.63) is 0 Å². The third-order valence-electron chi connectivity index (χ3n) is 2.03. The van der Waals surface area contributed by atoms with Crippen LogP contribution in [0.2, 0.25) is 0 Å². The molecule has 0 aromatic rings. The quantitative estimate of drug-likeness (QED) is 0.660. The molecule has 0 aliphatic heterocycles. The summed E-state index contributed by atoms with van der Waals surface area (Å²) in [7, 11) is 1.53. The van der Waals surface area contributed by atoms with Crippen molar-refractivity contribution < 1.29 is 18.6 Å². The number of nitrogens with one attached hydrogen (secondary N) is 1. The van der Waals surface area contributed by atoms with Crippen LogP contribution in [0.25, 0.3) is 0 Å². The van der Waals surface area contributed by atoms with E-state index in [2.05, 4.69) is 5.32 Å². The van der Waals surface area contributed by atoms with Crippen LogP contribution >= 0.6 is 0 Å². The molecule has 3 nitrogen and oxygen atoms in total. The topological polar surface area (TPSA) is 41.5 Å². The molecular formula is C9H19F2NO2. The molecule has 86 valence electrons. The first-order valence-electron chi connectivity index (χ1n) is 4.62. The number of halogens is 2. The van der Waals surface area contributed by atoms with Gasteiger partial charge in [0.2, 0.25) is 0 Å². The van der Waals surface area contributed by atoms with Gasteiger partial charge in [0, 0.05) is 26.7 Å². The van der Waals surface area contributed by atoms with Crippen LogP contribution in [0, 0.1) is 0 Å². The largest absolute Gasteiger partial charge is 0.389 e. The van der Waals surface area contributed by atoms with Gasteiger partial charge in [0.1, 0.15) is 0 Å². The molecule has 14 heavy (non-hydrogen) atoms. The molecule has 0 aliphatic rings. The lowest BCUT2D eigenvalue weighted by atomic mass is 10.0. The predicted molar refractivity (Wildman–Crippen MR) is 50.6 cm³/mol. The molecular weight excluding hydrogens is 192 g/mol. The van der Waals surface area contributed by atoms with E-state index in [1.54, 1.807) is 6.92 Å².